The summed E-state index contributed by atoms with van der Waals surface area (Å²) in [6, 6.07) is 26.5. The lowest BCUT2D eigenvalue weighted by Gasteiger charge is -2.32. The van der Waals surface area contributed by atoms with Crippen molar-refractivity contribution >= 4 is 34.2 Å². The van der Waals surface area contributed by atoms with E-state index in [-0.39, 0.29) is 30.7 Å². The first kappa shape index (κ1) is 27.1. The molecule has 0 saturated carbocycles. The zero-order chi connectivity index (χ0) is 28.1. The van der Waals surface area contributed by atoms with Crippen molar-refractivity contribution in [1.82, 2.24) is 10.2 Å². The molecule has 7 heteroatoms. The van der Waals surface area contributed by atoms with Crippen LogP contribution < -0.4 is 10.2 Å². The minimum absolute atomic E-state index is 0.0342. The quantitative estimate of drug-likeness (QED) is 0.275. The lowest BCUT2D eigenvalue weighted by Crippen LogP contribution is -2.50. The number of carbonyl (C=O) groups excluding carboxylic acids is 3. The normalized spacial score (nSPS) is 12.9. The minimum Gasteiger partial charge on any atom is -0.355 e. The summed E-state index contributed by atoms with van der Waals surface area (Å²) < 4.78 is 14.7. The maximum Gasteiger partial charge on any atom is 0.258 e. The van der Waals surface area contributed by atoms with Crippen LogP contribution in [0.4, 0.5) is 10.1 Å². The zero-order valence-electron chi connectivity index (χ0n) is 22.5. The molecule has 6 nitrogen and oxygen atoms in total. The van der Waals surface area contributed by atoms with E-state index >= 15 is 0 Å². The molecule has 1 N–H and O–H groups in total. The molecule has 0 aromatic heterocycles. The standard InChI is InChI=1S/C33H32FN3O3/c1-2-35-32(39)29(21-23-11-4-3-5-12-23)37(22-25-13-6-7-17-27(25)34)30(38)19-10-20-36-28-18-9-15-24-14-8-16-26(31(24)28)33(36)40/h3-9,11-18,29H,2,10,19-22H2,1H3,(H,35,39). The molecule has 0 aliphatic carbocycles. The highest BCUT2D eigenvalue weighted by molar-refractivity contribution is 6.25. The summed E-state index contributed by atoms with van der Waals surface area (Å²) in [6.45, 7) is 2.56. The van der Waals surface area contributed by atoms with E-state index in [9.17, 15) is 18.8 Å². The Morgan fingerprint density at radius 3 is 2.40 bits per heavy atom. The van der Waals surface area contributed by atoms with Gasteiger partial charge in [0.2, 0.25) is 11.8 Å². The summed E-state index contributed by atoms with van der Waals surface area (Å²) in [5.74, 6) is -1.05. The molecular weight excluding hydrogens is 505 g/mol. The Morgan fingerprint density at radius 1 is 0.925 bits per heavy atom. The van der Waals surface area contributed by atoms with Gasteiger partial charge >= 0.3 is 0 Å². The van der Waals surface area contributed by atoms with E-state index in [0.29, 0.717) is 37.1 Å². The topological polar surface area (TPSA) is 69.7 Å². The Balaban J connectivity index is 1.37. The molecule has 1 aliphatic heterocycles. The van der Waals surface area contributed by atoms with Gasteiger partial charge in [0.05, 0.1) is 5.69 Å². The number of nitrogens with one attached hydrogen (secondary N) is 1. The number of carbonyl (C=O) groups is 3. The van der Waals surface area contributed by atoms with Crippen LogP contribution in [-0.4, -0.2) is 41.8 Å². The second-order valence-corrected chi connectivity index (χ2v) is 9.95. The fourth-order valence-corrected chi connectivity index (χ4v) is 5.39. The molecule has 3 amide bonds. The minimum atomic E-state index is -0.819. The number of benzene rings is 4. The largest absolute Gasteiger partial charge is 0.355 e. The third-order valence-electron chi connectivity index (χ3n) is 7.34. The van der Waals surface area contributed by atoms with Gasteiger partial charge in [0, 0.05) is 49.0 Å². The van der Waals surface area contributed by atoms with Gasteiger partial charge in [-0.1, -0.05) is 72.8 Å². The molecule has 1 heterocycles. The van der Waals surface area contributed by atoms with Gasteiger partial charge in [-0.05, 0) is 42.5 Å². The van der Waals surface area contributed by atoms with Gasteiger partial charge in [-0.25, -0.2) is 4.39 Å². The van der Waals surface area contributed by atoms with Gasteiger partial charge in [0.15, 0.2) is 0 Å². The molecule has 0 spiro atoms. The number of hydrogen-bond donors (Lipinski definition) is 1. The van der Waals surface area contributed by atoms with Crippen molar-refractivity contribution in [2.45, 2.75) is 38.8 Å². The van der Waals surface area contributed by atoms with Gasteiger partial charge in [0.1, 0.15) is 11.9 Å². The maximum atomic E-state index is 14.7. The molecule has 40 heavy (non-hydrogen) atoms. The summed E-state index contributed by atoms with van der Waals surface area (Å²) in [6.07, 6.45) is 0.806. The lowest BCUT2D eigenvalue weighted by atomic mass is 10.0. The molecule has 1 unspecified atom stereocenters. The second-order valence-electron chi connectivity index (χ2n) is 9.95. The average Bonchev–Trinajstić information content (AvgIpc) is 3.24. The molecule has 0 fully saturated rings. The molecule has 5 rings (SSSR count). The summed E-state index contributed by atoms with van der Waals surface area (Å²) in [5, 5.41) is 4.79. The molecule has 1 aliphatic rings. The monoisotopic (exact) mass is 537 g/mol. The van der Waals surface area contributed by atoms with Crippen LogP contribution in [0.25, 0.3) is 10.8 Å². The third kappa shape index (κ3) is 5.59. The van der Waals surface area contributed by atoms with Crippen molar-refractivity contribution in [3.8, 4) is 0 Å². The molecule has 0 saturated heterocycles. The molecule has 0 radical (unpaired) electrons. The predicted molar refractivity (Wildman–Crippen MR) is 154 cm³/mol. The van der Waals surface area contributed by atoms with Gasteiger partial charge in [-0.2, -0.15) is 0 Å². The average molecular weight is 538 g/mol. The fourth-order valence-electron chi connectivity index (χ4n) is 5.39. The molecule has 204 valence electrons. The van der Waals surface area contributed by atoms with E-state index in [1.807, 2.05) is 73.7 Å². The van der Waals surface area contributed by atoms with Crippen LogP contribution in [-0.2, 0) is 22.6 Å². The van der Waals surface area contributed by atoms with E-state index in [4.69, 9.17) is 0 Å². The maximum absolute atomic E-state index is 14.7. The summed E-state index contributed by atoms with van der Waals surface area (Å²) in [5.41, 5.74) is 2.76. The first-order valence-corrected chi connectivity index (χ1v) is 13.7. The SMILES string of the molecule is CCNC(=O)C(Cc1ccccc1)N(Cc1ccccc1F)C(=O)CCCN1C(=O)c2cccc3cccc1c23. The first-order chi connectivity index (χ1) is 19.5. The van der Waals surface area contributed by atoms with Crippen LogP contribution in [0, 0.1) is 5.82 Å². The van der Waals surface area contributed by atoms with E-state index in [2.05, 4.69) is 5.32 Å². The number of likely N-dealkylation sites (N-methyl/N-ethyl adjacent to an activating group) is 1. The Labute approximate surface area is 233 Å². The number of hydrogen-bond acceptors (Lipinski definition) is 3. The van der Waals surface area contributed by atoms with Crippen molar-refractivity contribution < 1.29 is 18.8 Å². The number of nitrogens with zero attached hydrogens (tertiary/aromatic N) is 2. The molecule has 4 aromatic rings. The van der Waals surface area contributed by atoms with Crippen molar-refractivity contribution in [2.24, 2.45) is 0 Å². The predicted octanol–water partition coefficient (Wildman–Crippen LogP) is 5.50. The van der Waals surface area contributed by atoms with Crippen LogP contribution in [0.2, 0.25) is 0 Å². The second kappa shape index (κ2) is 12.1. The van der Waals surface area contributed by atoms with E-state index in [1.165, 1.54) is 11.0 Å². The van der Waals surface area contributed by atoms with Crippen LogP contribution in [0.5, 0.6) is 0 Å². The Hall–Kier alpha value is -4.52. The van der Waals surface area contributed by atoms with Crippen LogP contribution in [0.15, 0.2) is 91.0 Å². The van der Waals surface area contributed by atoms with E-state index in [1.54, 1.807) is 23.1 Å². The highest BCUT2D eigenvalue weighted by Crippen LogP contribution is 2.37. The molecule has 1 atom stereocenters. The fraction of sp³-hybridized carbons (Fsp3) is 0.242. The Bertz CT molecular complexity index is 1530. The van der Waals surface area contributed by atoms with Gasteiger partial charge in [-0.15, -0.1) is 0 Å². The highest BCUT2D eigenvalue weighted by Gasteiger charge is 2.32. The van der Waals surface area contributed by atoms with Crippen LogP contribution >= 0.6 is 0 Å². The van der Waals surface area contributed by atoms with E-state index in [0.717, 1.165) is 22.0 Å². The number of anilines is 1. The lowest BCUT2D eigenvalue weighted by molar-refractivity contribution is -0.141. The van der Waals surface area contributed by atoms with Crippen molar-refractivity contribution in [2.75, 3.05) is 18.0 Å². The van der Waals surface area contributed by atoms with Crippen LogP contribution in [0.3, 0.4) is 0 Å². The zero-order valence-corrected chi connectivity index (χ0v) is 22.5. The molecule has 0 bridgehead atoms. The summed E-state index contributed by atoms with van der Waals surface area (Å²) in [4.78, 5) is 43.4. The van der Waals surface area contributed by atoms with Crippen molar-refractivity contribution in [1.29, 1.82) is 0 Å². The third-order valence-corrected chi connectivity index (χ3v) is 7.34. The molecule has 4 aromatic carbocycles. The van der Waals surface area contributed by atoms with Gasteiger partial charge in [0.25, 0.3) is 5.91 Å². The van der Waals surface area contributed by atoms with Crippen molar-refractivity contribution in [3.05, 3.63) is 114 Å². The Morgan fingerprint density at radius 2 is 1.65 bits per heavy atom. The molecular formula is C33H32FN3O3. The highest BCUT2D eigenvalue weighted by atomic mass is 19.1. The van der Waals surface area contributed by atoms with Crippen molar-refractivity contribution in [3.63, 3.8) is 0 Å². The van der Waals surface area contributed by atoms with Crippen LogP contribution in [0.1, 0.15) is 41.3 Å². The first-order valence-electron chi connectivity index (χ1n) is 13.7. The number of rotatable bonds is 11. The summed E-state index contributed by atoms with van der Waals surface area (Å²) >= 11 is 0. The number of amides is 3. The number of halogens is 1. The van der Waals surface area contributed by atoms with E-state index < -0.39 is 11.9 Å². The van der Waals surface area contributed by atoms with Gasteiger partial charge < -0.3 is 15.1 Å². The summed E-state index contributed by atoms with van der Waals surface area (Å²) in [7, 11) is 0. The van der Waals surface area contributed by atoms with Gasteiger partial charge in [-0.3, -0.25) is 14.4 Å². The smallest absolute Gasteiger partial charge is 0.258 e. The Kier molecular flexibility index (Phi) is 8.20.